The van der Waals surface area contributed by atoms with Gasteiger partial charge in [0.15, 0.2) is 0 Å². The van der Waals surface area contributed by atoms with Crippen LogP contribution in [0.1, 0.15) is 134 Å². The molecule has 0 saturated carbocycles. The fourth-order valence-corrected chi connectivity index (χ4v) is 17.0. The second-order valence-corrected chi connectivity index (χ2v) is 24.1. The van der Waals surface area contributed by atoms with E-state index in [0.29, 0.717) is 0 Å². The third kappa shape index (κ3) is 7.73. The molecule has 0 radical (unpaired) electrons. The van der Waals surface area contributed by atoms with Crippen molar-refractivity contribution in [2.24, 2.45) is 0 Å². The van der Waals surface area contributed by atoms with E-state index in [-0.39, 0.29) is 46.5 Å². The van der Waals surface area contributed by atoms with Crippen LogP contribution in [-0.2, 0) is 49.3 Å². The molecule has 50 heavy (non-hydrogen) atoms. The van der Waals surface area contributed by atoms with Gasteiger partial charge in [-0.15, -0.1) is 0 Å². The zero-order chi connectivity index (χ0) is 34.8. The molecule has 2 aliphatic carbocycles. The number of halogens is 2. The van der Waals surface area contributed by atoms with Crippen molar-refractivity contribution in [3.63, 3.8) is 0 Å². The van der Waals surface area contributed by atoms with E-state index in [1.54, 1.807) is 20.9 Å². The molecule has 0 nitrogen and oxygen atoms in total. The van der Waals surface area contributed by atoms with Crippen molar-refractivity contribution in [3.05, 3.63) is 145 Å². The minimum Gasteiger partial charge on any atom is -1.00 e. The Morgan fingerprint density at radius 1 is 0.560 bits per heavy atom. The molecule has 0 aliphatic heterocycles. The Balaban J connectivity index is 0.00000281. The molecule has 0 fully saturated rings. The van der Waals surface area contributed by atoms with Gasteiger partial charge >= 0.3 is 301 Å². The van der Waals surface area contributed by atoms with Crippen molar-refractivity contribution < 1.29 is 46.1 Å². The Labute approximate surface area is 323 Å². The molecule has 2 aliphatic rings. The number of allylic oxidation sites excluding steroid dienone is 4. The monoisotopic (exact) mass is 780 g/mol. The van der Waals surface area contributed by atoms with Gasteiger partial charge in [-0.1, -0.05) is 0 Å². The summed E-state index contributed by atoms with van der Waals surface area (Å²) < 4.78 is 5.02. The van der Waals surface area contributed by atoms with E-state index in [0.717, 1.165) is 12.8 Å². The smallest absolute Gasteiger partial charge is 1.00 e. The van der Waals surface area contributed by atoms with Crippen LogP contribution in [0.15, 0.2) is 100 Å². The molecule has 0 bridgehead atoms. The Hall–Kier alpha value is -2.31. The molecule has 6 rings (SSSR count). The van der Waals surface area contributed by atoms with Crippen LogP contribution in [0.25, 0.3) is 11.1 Å². The summed E-state index contributed by atoms with van der Waals surface area (Å²) in [5.41, 5.74) is 15.1. The van der Waals surface area contributed by atoms with Crippen LogP contribution < -0.4 is 28.1 Å². The van der Waals surface area contributed by atoms with E-state index >= 15 is 0 Å². The predicted molar refractivity (Wildman–Crippen MR) is 207 cm³/mol. The van der Waals surface area contributed by atoms with Crippen LogP contribution in [-0.4, -0.2) is 3.21 Å². The van der Waals surface area contributed by atoms with Gasteiger partial charge in [-0.05, 0) is 0 Å². The summed E-state index contributed by atoms with van der Waals surface area (Å²) in [5.74, 6) is 0. The second kappa shape index (κ2) is 14.6. The molecule has 0 spiro atoms. The molecule has 0 aromatic heterocycles. The Morgan fingerprint density at radius 3 is 1.48 bits per heavy atom. The van der Waals surface area contributed by atoms with Crippen LogP contribution >= 0.6 is 0 Å². The van der Waals surface area contributed by atoms with Crippen molar-refractivity contribution in [1.82, 2.24) is 0 Å². The van der Waals surface area contributed by atoms with Crippen molar-refractivity contribution in [1.29, 1.82) is 0 Å². The van der Waals surface area contributed by atoms with Gasteiger partial charge in [0.2, 0.25) is 0 Å². The molecular formula is C47H56Cl2Zr. The molecule has 262 valence electrons. The Morgan fingerprint density at radius 2 is 1.04 bits per heavy atom. The number of benzene rings is 4. The summed E-state index contributed by atoms with van der Waals surface area (Å²) in [6.07, 6.45) is 9.30. The van der Waals surface area contributed by atoms with Gasteiger partial charge in [-0.25, -0.2) is 0 Å². The molecule has 0 N–H and O–H groups in total. The van der Waals surface area contributed by atoms with E-state index in [1.165, 1.54) is 44.5 Å². The van der Waals surface area contributed by atoms with Crippen molar-refractivity contribution in [2.75, 3.05) is 0 Å². The summed E-state index contributed by atoms with van der Waals surface area (Å²) in [7, 11) is 0. The first-order chi connectivity index (χ1) is 22.4. The van der Waals surface area contributed by atoms with Gasteiger partial charge in [-0.3, -0.25) is 0 Å². The van der Waals surface area contributed by atoms with Crippen LogP contribution in [0.5, 0.6) is 0 Å². The average molecular weight is 783 g/mol. The van der Waals surface area contributed by atoms with Gasteiger partial charge in [0, 0.05) is 0 Å². The van der Waals surface area contributed by atoms with E-state index in [1.807, 2.05) is 0 Å². The van der Waals surface area contributed by atoms with Crippen molar-refractivity contribution in [3.8, 4) is 11.1 Å². The summed E-state index contributed by atoms with van der Waals surface area (Å²) in [4.78, 5) is 0. The molecule has 0 saturated heterocycles. The maximum atomic E-state index is 2.64. The van der Waals surface area contributed by atoms with E-state index in [2.05, 4.69) is 180 Å². The van der Waals surface area contributed by atoms with Crippen molar-refractivity contribution >= 4 is 6.48 Å². The predicted octanol–water partition coefficient (Wildman–Crippen LogP) is 5.81. The second-order valence-electron chi connectivity index (χ2n) is 18.2. The van der Waals surface area contributed by atoms with Crippen LogP contribution in [0.3, 0.4) is 0 Å². The first kappa shape index (κ1) is 40.5. The number of fused-ring (bicyclic) bond motifs is 3. The SMILES string of the molecule is CC(C)(C)c1cc2c(cc1C(C)(C)C)-c1cc(C(C)(C)C)c(C(C)(C)C)[c]([Zr+2]([C]3=CC=CC3)=[C](c3ccccc3)c3ccccc3)c1C2.[Cl-].[Cl-]. The Kier molecular flexibility index (Phi) is 11.8. The first-order valence-electron chi connectivity index (χ1n) is 18.0. The van der Waals surface area contributed by atoms with Gasteiger partial charge in [0.25, 0.3) is 0 Å². The topological polar surface area (TPSA) is 0 Å². The summed E-state index contributed by atoms with van der Waals surface area (Å²) in [5, 5.41) is 0. The molecule has 4 aromatic rings. The normalized spacial score (nSPS) is 13.8. The van der Waals surface area contributed by atoms with Gasteiger partial charge in [-0.2, -0.15) is 0 Å². The van der Waals surface area contributed by atoms with Crippen LogP contribution in [0.4, 0.5) is 0 Å². The Bertz CT molecular complexity index is 1920. The minimum absolute atomic E-state index is 0. The molecule has 4 aromatic carbocycles. The number of rotatable bonds is 4. The van der Waals surface area contributed by atoms with Gasteiger partial charge in [0.1, 0.15) is 0 Å². The molecule has 0 unspecified atom stereocenters. The average Bonchev–Trinajstić information content (AvgIpc) is 3.65. The maximum absolute atomic E-state index is 2.89. The zero-order valence-corrected chi connectivity index (χ0v) is 36.4. The van der Waals surface area contributed by atoms with E-state index < -0.39 is 21.3 Å². The van der Waals surface area contributed by atoms with Crippen LogP contribution in [0.2, 0.25) is 0 Å². The summed E-state index contributed by atoms with van der Waals surface area (Å²) >= 11 is -2.89. The van der Waals surface area contributed by atoms with Gasteiger partial charge in [0.05, 0.1) is 0 Å². The van der Waals surface area contributed by atoms with Gasteiger partial charge < -0.3 is 24.8 Å². The maximum Gasteiger partial charge on any atom is -1.00 e. The molecule has 0 amide bonds. The summed E-state index contributed by atoms with van der Waals surface area (Å²) in [6.45, 7) is 29.1. The fourth-order valence-electron chi connectivity index (χ4n) is 8.01. The fraction of sp³-hybridized carbons (Fsp3) is 0.383. The molecule has 0 heterocycles. The largest absolute Gasteiger partial charge is 1.00 e. The minimum atomic E-state index is -2.89. The number of hydrogen-bond acceptors (Lipinski definition) is 0. The third-order valence-corrected chi connectivity index (χ3v) is 18.0. The zero-order valence-electron chi connectivity index (χ0n) is 32.4. The summed E-state index contributed by atoms with van der Waals surface area (Å²) in [6, 6.07) is 30.6. The first-order valence-corrected chi connectivity index (χ1v) is 21.7. The standard InChI is InChI=1S/C29H41.C13H10.C5H5.2ClH.Zr/c1-26(2,3)22-14-18-13-19-15-23(27(4,5)6)25(29(10,11)12)17-21(19)20(18)16-24(22)28(7,8)9;1-3-7-12(8-4-1)11-13-9-5-2-6-10-13;1-2-4-5-3-1;;;/h14,16-17H,13H2,1-12H3;1-10H;1-3H,4H2;2*1H;/q;;;;;+2/p-2. The molecule has 0 atom stereocenters. The van der Waals surface area contributed by atoms with E-state index in [9.17, 15) is 0 Å². The van der Waals surface area contributed by atoms with E-state index in [4.69, 9.17) is 0 Å². The molecule has 3 heteroatoms. The van der Waals surface area contributed by atoms with Crippen LogP contribution in [0, 0.1) is 0 Å². The molecular weight excluding hydrogens is 727 g/mol. The van der Waals surface area contributed by atoms with Crippen molar-refractivity contribution in [2.45, 2.75) is 118 Å². The number of hydrogen-bond donors (Lipinski definition) is 0. The third-order valence-electron chi connectivity index (χ3n) is 10.2. The quantitative estimate of drug-likeness (QED) is 0.216.